The SMILES string of the molecule is CC(C)CCCONc1cccnc1-c1ccccc1. The largest absolute Gasteiger partial charge is 0.276 e. The molecular weight excluding hydrogens is 248 g/mol. The third kappa shape index (κ3) is 4.35. The highest BCUT2D eigenvalue weighted by molar-refractivity contribution is 5.73. The van der Waals surface area contributed by atoms with E-state index in [1.807, 2.05) is 42.5 Å². The van der Waals surface area contributed by atoms with E-state index >= 15 is 0 Å². The Kier molecular flexibility index (Phi) is 5.56. The molecule has 3 heteroatoms. The molecule has 1 N–H and O–H groups in total. The summed E-state index contributed by atoms with van der Waals surface area (Å²) < 4.78 is 0. The molecule has 0 saturated carbocycles. The Hall–Kier alpha value is -1.87. The molecule has 2 aromatic rings. The van der Waals surface area contributed by atoms with Crippen LogP contribution in [0.15, 0.2) is 48.7 Å². The average molecular weight is 270 g/mol. The van der Waals surface area contributed by atoms with Gasteiger partial charge in [-0.2, -0.15) is 0 Å². The first-order valence-corrected chi connectivity index (χ1v) is 7.15. The number of pyridine rings is 1. The van der Waals surface area contributed by atoms with E-state index in [1.165, 1.54) is 6.42 Å². The van der Waals surface area contributed by atoms with Crippen molar-refractivity contribution >= 4 is 5.69 Å². The van der Waals surface area contributed by atoms with Crippen molar-refractivity contribution in [1.82, 2.24) is 4.98 Å². The van der Waals surface area contributed by atoms with Crippen LogP contribution in [0, 0.1) is 5.92 Å². The molecule has 106 valence electrons. The summed E-state index contributed by atoms with van der Waals surface area (Å²) in [5.41, 5.74) is 5.93. The van der Waals surface area contributed by atoms with Crippen molar-refractivity contribution in [3.05, 3.63) is 48.7 Å². The van der Waals surface area contributed by atoms with Crippen LogP contribution in [0.4, 0.5) is 5.69 Å². The molecule has 2 rings (SSSR count). The molecule has 1 aromatic carbocycles. The lowest BCUT2D eigenvalue weighted by molar-refractivity contribution is 0.184. The van der Waals surface area contributed by atoms with Crippen LogP contribution in [0.25, 0.3) is 11.3 Å². The van der Waals surface area contributed by atoms with Crippen LogP contribution in [0.2, 0.25) is 0 Å². The number of hydrogen-bond acceptors (Lipinski definition) is 3. The lowest BCUT2D eigenvalue weighted by Gasteiger charge is -2.11. The number of nitrogens with one attached hydrogen (secondary N) is 1. The second-order valence-electron chi connectivity index (χ2n) is 5.25. The molecule has 0 radical (unpaired) electrons. The quantitative estimate of drug-likeness (QED) is 0.593. The first-order chi connectivity index (χ1) is 9.77. The van der Waals surface area contributed by atoms with Crippen LogP contribution in [0.1, 0.15) is 26.7 Å². The van der Waals surface area contributed by atoms with Crippen molar-refractivity contribution in [3.63, 3.8) is 0 Å². The molecule has 1 heterocycles. The Balaban J connectivity index is 1.95. The molecule has 1 aromatic heterocycles. The van der Waals surface area contributed by atoms with Gasteiger partial charge in [0.2, 0.25) is 0 Å². The van der Waals surface area contributed by atoms with Gasteiger partial charge in [-0.3, -0.25) is 15.3 Å². The van der Waals surface area contributed by atoms with Gasteiger partial charge >= 0.3 is 0 Å². The Bertz CT molecular complexity index is 511. The van der Waals surface area contributed by atoms with E-state index in [0.29, 0.717) is 6.61 Å². The summed E-state index contributed by atoms with van der Waals surface area (Å²) in [6.45, 7) is 5.16. The highest BCUT2D eigenvalue weighted by atomic mass is 16.6. The van der Waals surface area contributed by atoms with Crippen molar-refractivity contribution in [3.8, 4) is 11.3 Å². The van der Waals surface area contributed by atoms with Crippen LogP contribution in [0.3, 0.4) is 0 Å². The molecule has 0 bridgehead atoms. The standard InChI is InChI=1S/C17H22N2O/c1-14(2)8-7-13-20-19-16-11-6-12-18-17(16)15-9-4-3-5-10-15/h3-6,9-12,14,19H,7-8,13H2,1-2H3. The van der Waals surface area contributed by atoms with Gasteiger partial charge in [0.25, 0.3) is 0 Å². The second kappa shape index (κ2) is 7.65. The Morgan fingerprint density at radius 3 is 2.65 bits per heavy atom. The van der Waals surface area contributed by atoms with Gasteiger partial charge in [-0.1, -0.05) is 44.2 Å². The fourth-order valence-electron chi connectivity index (χ4n) is 2.01. The predicted octanol–water partition coefficient (Wildman–Crippen LogP) is 4.53. The molecule has 0 spiro atoms. The normalized spacial score (nSPS) is 10.8. The van der Waals surface area contributed by atoms with Crippen LogP contribution >= 0.6 is 0 Å². The van der Waals surface area contributed by atoms with Crippen molar-refractivity contribution in [2.75, 3.05) is 12.1 Å². The summed E-state index contributed by atoms with van der Waals surface area (Å²) in [6, 6.07) is 14.0. The Labute approximate surface area is 121 Å². The van der Waals surface area contributed by atoms with E-state index in [0.717, 1.165) is 29.3 Å². The van der Waals surface area contributed by atoms with Crippen molar-refractivity contribution < 1.29 is 4.84 Å². The van der Waals surface area contributed by atoms with Gasteiger partial charge in [0.05, 0.1) is 18.0 Å². The first-order valence-electron chi connectivity index (χ1n) is 7.15. The van der Waals surface area contributed by atoms with Crippen molar-refractivity contribution in [1.29, 1.82) is 0 Å². The van der Waals surface area contributed by atoms with Gasteiger partial charge < -0.3 is 0 Å². The molecule has 3 nitrogen and oxygen atoms in total. The molecular formula is C17H22N2O. The molecule has 0 fully saturated rings. The molecule has 0 atom stereocenters. The minimum atomic E-state index is 0.710. The summed E-state index contributed by atoms with van der Waals surface area (Å²) in [7, 11) is 0. The second-order valence-corrected chi connectivity index (χ2v) is 5.25. The first kappa shape index (κ1) is 14.5. The number of rotatable bonds is 7. The fourth-order valence-corrected chi connectivity index (χ4v) is 2.01. The zero-order valence-corrected chi connectivity index (χ0v) is 12.2. The van der Waals surface area contributed by atoms with Gasteiger partial charge in [-0.15, -0.1) is 0 Å². The molecule has 0 unspecified atom stereocenters. The molecule has 0 aliphatic carbocycles. The Morgan fingerprint density at radius 2 is 1.90 bits per heavy atom. The maximum Gasteiger partial charge on any atom is 0.0956 e. The third-order valence-electron chi connectivity index (χ3n) is 3.06. The maximum absolute atomic E-state index is 5.54. The number of anilines is 1. The summed E-state index contributed by atoms with van der Waals surface area (Å²) >= 11 is 0. The molecule has 0 amide bonds. The molecule has 0 aliphatic rings. The van der Waals surface area contributed by atoms with Crippen LogP contribution in [-0.2, 0) is 4.84 Å². The summed E-state index contributed by atoms with van der Waals surface area (Å²) in [4.78, 5) is 9.98. The number of benzene rings is 1. The zero-order chi connectivity index (χ0) is 14.2. The van der Waals surface area contributed by atoms with Gasteiger partial charge in [-0.05, 0) is 30.9 Å². The number of nitrogens with zero attached hydrogens (tertiary/aromatic N) is 1. The maximum atomic E-state index is 5.54. The predicted molar refractivity (Wildman–Crippen MR) is 83.3 cm³/mol. The van der Waals surface area contributed by atoms with Gasteiger partial charge in [0.15, 0.2) is 0 Å². The monoisotopic (exact) mass is 270 g/mol. The van der Waals surface area contributed by atoms with Crippen LogP contribution < -0.4 is 5.48 Å². The van der Waals surface area contributed by atoms with Gasteiger partial charge in [0, 0.05) is 11.8 Å². The van der Waals surface area contributed by atoms with E-state index in [4.69, 9.17) is 4.84 Å². The molecule has 0 saturated heterocycles. The summed E-state index contributed by atoms with van der Waals surface area (Å²) in [6.07, 6.45) is 4.04. The van der Waals surface area contributed by atoms with Crippen LogP contribution in [0.5, 0.6) is 0 Å². The van der Waals surface area contributed by atoms with Crippen molar-refractivity contribution in [2.24, 2.45) is 5.92 Å². The minimum Gasteiger partial charge on any atom is -0.276 e. The Morgan fingerprint density at radius 1 is 1.10 bits per heavy atom. The minimum absolute atomic E-state index is 0.710. The lowest BCUT2D eigenvalue weighted by Crippen LogP contribution is -2.05. The average Bonchev–Trinajstić information content (AvgIpc) is 2.48. The summed E-state index contributed by atoms with van der Waals surface area (Å²) in [5, 5.41) is 0. The van der Waals surface area contributed by atoms with E-state index < -0.39 is 0 Å². The third-order valence-corrected chi connectivity index (χ3v) is 3.06. The van der Waals surface area contributed by atoms with E-state index in [1.54, 1.807) is 6.20 Å². The highest BCUT2D eigenvalue weighted by Gasteiger charge is 2.05. The van der Waals surface area contributed by atoms with E-state index in [2.05, 4.69) is 24.3 Å². The highest BCUT2D eigenvalue weighted by Crippen LogP contribution is 2.24. The molecule has 20 heavy (non-hydrogen) atoms. The summed E-state index contributed by atoms with van der Waals surface area (Å²) in [5.74, 6) is 0.719. The lowest BCUT2D eigenvalue weighted by atomic mass is 10.1. The topological polar surface area (TPSA) is 34.1 Å². The van der Waals surface area contributed by atoms with Gasteiger partial charge in [-0.25, -0.2) is 0 Å². The van der Waals surface area contributed by atoms with E-state index in [9.17, 15) is 0 Å². The van der Waals surface area contributed by atoms with Crippen LogP contribution in [-0.4, -0.2) is 11.6 Å². The van der Waals surface area contributed by atoms with E-state index in [-0.39, 0.29) is 0 Å². The zero-order valence-electron chi connectivity index (χ0n) is 12.2. The number of hydrogen-bond donors (Lipinski definition) is 1. The number of aromatic nitrogens is 1. The smallest absolute Gasteiger partial charge is 0.0956 e. The van der Waals surface area contributed by atoms with Crippen molar-refractivity contribution in [2.45, 2.75) is 26.7 Å². The van der Waals surface area contributed by atoms with Gasteiger partial charge in [0.1, 0.15) is 0 Å². The fraction of sp³-hybridized carbons (Fsp3) is 0.353. The molecule has 0 aliphatic heterocycles.